The number of carbonyl (C=O) groups is 1. The molecule has 16 heavy (non-hydrogen) atoms. The lowest BCUT2D eigenvalue weighted by Gasteiger charge is -2.11. The van der Waals surface area contributed by atoms with Crippen LogP contribution in [0.15, 0.2) is 24.3 Å². The first-order valence-electron chi connectivity index (χ1n) is 4.51. The molecule has 88 valence electrons. The normalized spacial score (nSPS) is 13.4. The van der Waals surface area contributed by atoms with Gasteiger partial charge in [0.15, 0.2) is 0 Å². The van der Waals surface area contributed by atoms with E-state index in [1.807, 2.05) is 0 Å². The second-order valence-electron chi connectivity index (χ2n) is 3.37. The average molecular weight is 244 g/mol. The van der Waals surface area contributed by atoms with E-state index in [0.717, 1.165) is 6.26 Å². The van der Waals surface area contributed by atoms with Gasteiger partial charge in [-0.3, -0.25) is 4.18 Å². The summed E-state index contributed by atoms with van der Waals surface area (Å²) >= 11 is 0. The summed E-state index contributed by atoms with van der Waals surface area (Å²) in [5.41, 5.74) is 0.755. The molecule has 1 aromatic carbocycles. The van der Waals surface area contributed by atoms with E-state index < -0.39 is 22.2 Å². The molecule has 1 N–H and O–H groups in total. The van der Waals surface area contributed by atoms with E-state index in [2.05, 4.69) is 0 Å². The maximum atomic E-state index is 10.9. The lowest BCUT2D eigenvalue weighted by molar-refractivity contribution is 0.0696. The minimum Gasteiger partial charge on any atom is -0.478 e. The summed E-state index contributed by atoms with van der Waals surface area (Å²) in [6.45, 7) is 1.58. The van der Waals surface area contributed by atoms with Crippen LogP contribution in [0.25, 0.3) is 0 Å². The largest absolute Gasteiger partial charge is 0.478 e. The second-order valence-corrected chi connectivity index (χ2v) is 4.97. The van der Waals surface area contributed by atoms with Crippen LogP contribution in [0, 0.1) is 0 Å². The molecule has 5 nitrogen and oxygen atoms in total. The van der Waals surface area contributed by atoms with Gasteiger partial charge < -0.3 is 5.11 Å². The smallest absolute Gasteiger partial charge is 0.335 e. The Hall–Kier alpha value is -1.40. The van der Waals surface area contributed by atoms with Crippen LogP contribution in [0.1, 0.15) is 28.9 Å². The first-order chi connectivity index (χ1) is 7.29. The Kier molecular flexibility index (Phi) is 3.66. The molecule has 0 aromatic heterocycles. The van der Waals surface area contributed by atoms with Gasteiger partial charge in [0.05, 0.1) is 17.9 Å². The minimum absolute atomic E-state index is 0.148. The summed E-state index contributed by atoms with van der Waals surface area (Å²) in [5.74, 6) is -1.02. The van der Waals surface area contributed by atoms with Crippen LogP contribution in [0.2, 0.25) is 0 Å². The molecule has 0 aliphatic carbocycles. The van der Waals surface area contributed by atoms with Crippen molar-refractivity contribution in [3.8, 4) is 0 Å². The van der Waals surface area contributed by atoms with Crippen LogP contribution < -0.4 is 0 Å². The lowest BCUT2D eigenvalue weighted by Crippen LogP contribution is -2.07. The van der Waals surface area contributed by atoms with Gasteiger partial charge in [-0.15, -0.1) is 0 Å². The molecule has 0 spiro atoms. The van der Waals surface area contributed by atoms with Gasteiger partial charge in [-0.25, -0.2) is 4.79 Å². The highest BCUT2D eigenvalue weighted by Gasteiger charge is 2.13. The Balaban J connectivity index is 2.86. The molecule has 0 amide bonds. The van der Waals surface area contributed by atoms with Gasteiger partial charge in [-0.2, -0.15) is 8.42 Å². The Morgan fingerprint density at radius 1 is 1.31 bits per heavy atom. The van der Waals surface area contributed by atoms with Crippen molar-refractivity contribution < 1.29 is 22.5 Å². The summed E-state index contributed by atoms with van der Waals surface area (Å²) in [4.78, 5) is 10.6. The topological polar surface area (TPSA) is 80.7 Å². The molecule has 0 saturated carbocycles. The maximum absolute atomic E-state index is 10.9. The fourth-order valence-corrected chi connectivity index (χ4v) is 1.85. The molecule has 0 aliphatic heterocycles. The zero-order chi connectivity index (χ0) is 12.3. The monoisotopic (exact) mass is 244 g/mol. The summed E-state index contributed by atoms with van der Waals surface area (Å²) < 4.78 is 26.5. The van der Waals surface area contributed by atoms with Crippen LogP contribution >= 0.6 is 0 Å². The van der Waals surface area contributed by atoms with E-state index >= 15 is 0 Å². The van der Waals surface area contributed by atoms with E-state index in [4.69, 9.17) is 9.29 Å². The molecule has 0 fully saturated rings. The molecule has 1 atom stereocenters. The number of hydrogen-bond acceptors (Lipinski definition) is 4. The van der Waals surface area contributed by atoms with Crippen LogP contribution in [-0.4, -0.2) is 25.7 Å². The third-order valence-electron chi connectivity index (χ3n) is 1.95. The van der Waals surface area contributed by atoms with Crippen molar-refractivity contribution in [2.24, 2.45) is 0 Å². The molecule has 0 bridgehead atoms. The SMILES string of the molecule is C[C@H](OS(C)(=O)=O)c1ccc(C(=O)O)cc1. The highest BCUT2D eigenvalue weighted by Crippen LogP contribution is 2.19. The third kappa shape index (κ3) is 3.63. The number of rotatable bonds is 4. The quantitative estimate of drug-likeness (QED) is 0.810. The van der Waals surface area contributed by atoms with Crippen molar-refractivity contribution >= 4 is 16.1 Å². The van der Waals surface area contributed by atoms with E-state index in [1.165, 1.54) is 24.3 Å². The fraction of sp³-hybridized carbons (Fsp3) is 0.300. The van der Waals surface area contributed by atoms with Crippen LogP contribution in [0.3, 0.4) is 0 Å². The van der Waals surface area contributed by atoms with Gasteiger partial charge in [0.1, 0.15) is 0 Å². The Morgan fingerprint density at radius 3 is 2.19 bits per heavy atom. The van der Waals surface area contributed by atoms with E-state index in [-0.39, 0.29) is 5.56 Å². The highest BCUT2D eigenvalue weighted by molar-refractivity contribution is 7.86. The summed E-state index contributed by atoms with van der Waals surface area (Å²) in [6.07, 6.45) is 0.340. The zero-order valence-electron chi connectivity index (χ0n) is 8.88. The van der Waals surface area contributed by atoms with Crippen LogP contribution in [0.5, 0.6) is 0 Å². The van der Waals surface area contributed by atoms with Gasteiger partial charge in [-0.05, 0) is 24.6 Å². The predicted octanol–water partition coefficient (Wildman–Crippen LogP) is 1.42. The summed E-state index contributed by atoms with van der Waals surface area (Å²) in [5, 5.41) is 8.67. The number of aromatic carboxylic acids is 1. The molecule has 0 saturated heterocycles. The molecular formula is C10H12O5S. The lowest BCUT2D eigenvalue weighted by atomic mass is 10.1. The van der Waals surface area contributed by atoms with Crippen LogP contribution in [-0.2, 0) is 14.3 Å². The molecule has 0 radical (unpaired) electrons. The van der Waals surface area contributed by atoms with Gasteiger partial charge >= 0.3 is 5.97 Å². The van der Waals surface area contributed by atoms with Crippen molar-refractivity contribution in [2.75, 3.05) is 6.26 Å². The molecule has 1 rings (SSSR count). The number of carboxylic acids is 1. The van der Waals surface area contributed by atoms with Crippen molar-refractivity contribution in [1.82, 2.24) is 0 Å². The van der Waals surface area contributed by atoms with Crippen molar-refractivity contribution in [2.45, 2.75) is 13.0 Å². The summed E-state index contributed by atoms with van der Waals surface area (Å²) in [6, 6.07) is 5.86. The van der Waals surface area contributed by atoms with E-state index in [9.17, 15) is 13.2 Å². The number of carboxylic acid groups (broad SMARTS) is 1. The fourth-order valence-electron chi connectivity index (χ4n) is 1.21. The van der Waals surface area contributed by atoms with Gasteiger partial charge in [-0.1, -0.05) is 12.1 Å². The van der Waals surface area contributed by atoms with Gasteiger partial charge in [0.2, 0.25) is 0 Å². The second kappa shape index (κ2) is 4.63. The van der Waals surface area contributed by atoms with Crippen LogP contribution in [0.4, 0.5) is 0 Å². The number of hydrogen-bond donors (Lipinski definition) is 1. The van der Waals surface area contributed by atoms with Crippen molar-refractivity contribution in [3.63, 3.8) is 0 Å². The molecule has 0 unspecified atom stereocenters. The maximum Gasteiger partial charge on any atom is 0.335 e. The van der Waals surface area contributed by atoms with E-state index in [1.54, 1.807) is 6.92 Å². The molecule has 6 heteroatoms. The average Bonchev–Trinajstić information content (AvgIpc) is 2.15. The van der Waals surface area contributed by atoms with Crippen molar-refractivity contribution in [3.05, 3.63) is 35.4 Å². The first kappa shape index (κ1) is 12.7. The van der Waals surface area contributed by atoms with Gasteiger partial charge in [0.25, 0.3) is 10.1 Å². The zero-order valence-corrected chi connectivity index (χ0v) is 9.69. The highest BCUT2D eigenvalue weighted by atomic mass is 32.2. The molecule has 0 heterocycles. The van der Waals surface area contributed by atoms with E-state index in [0.29, 0.717) is 5.56 Å². The summed E-state index contributed by atoms with van der Waals surface area (Å²) in [7, 11) is -3.51. The standard InChI is InChI=1S/C10H12O5S/c1-7(15-16(2,13)14)8-3-5-9(6-4-8)10(11)12/h3-7H,1-2H3,(H,11,12)/t7-/m0/s1. The molecule has 1 aromatic rings. The predicted molar refractivity (Wildman–Crippen MR) is 57.7 cm³/mol. The third-order valence-corrected chi connectivity index (χ3v) is 2.58. The Labute approximate surface area is 93.8 Å². The molecule has 0 aliphatic rings. The number of benzene rings is 1. The Bertz CT molecular complexity index is 474. The molecular weight excluding hydrogens is 232 g/mol. The van der Waals surface area contributed by atoms with Crippen molar-refractivity contribution in [1.29, 1.82) is 0 Å². The first-order valence-corrected chi connectivity index (χ1v) is 6.33. The minimum atomic E-state index is -3.51. The Morgan fingerprint density at radius 2 is 1.81 bits per heavy atom. The van der Waals surface area contributed by atoms with Gasteiger partial charge in [0, 0.05) is 0 Å².